The molecule has 0 aromatic heterocycles. The van der Waals surface area contributed by atoms with Gasteiger partial charge in [-0.05, 0) is 309 Å². The van der Waals surface area contributed by atoms with Crippen LogP contribution < -0.4 is 31.9 Å². The van der Waals surface area contributed by atoms with Crippen molar-refractivity contribution in [3.8, 4) is 0 Å². The maximum atomic E-state index is 13.8. The summed E-state index contributed by atoms with van der Waals surface area (Å²) in [5, 5.41) is 18.1. The molecule has 0 spiro atoms. The Balaban J connectivity index is 1.20. The van der Waals surface area contributed by atoms with Gasteiger partial charge >= 0.3 is 0 Å². The quantitative estimate of drug-likeness (QED) is 0.0196. The fourth-order valence-corrected chi connectivity index (χ4v) is 17.2. The van der Waals surface area contributed by atoms with Gasteiger partial charge in [0.25, 0.3) is 0 Å². The highest BCUT2D eigenvalue weighted by atomic mass is 16.2. The van der Waals surface area contributed by atoms with E-state index in [9.17, 15) is 38.4 Å². The van der Waals surface area contributed by atoms with Gasteiger partial charge in [-0.15, -0.1) is 0 Å². The van der Waals surface area contributed by atoms with Crippen molar-refractivity contribution >= 4 is 47.0 Å². The monoisotopic (exact) mass is 1710 g/mol. The Morgan fingerprint density at radius 3 is 0.880 bits per heavy atom. The third-order valence-electron chi connectivity index (χ3n) is 24.8. The van der Waals surface area contributed by atoms with Gasteiger partial charge in [0, 0.05) is 88.9 Å². The van der Waals surface area contributed by atoms with Gasteiger partial charge in [-0.3, -0.25) is 38.4 Å². The van der Waals surface area contributed by atoms with E-state index in [0.29, 0.717) is 110 Å². The summed E-state index contributed by atoms with van der Waals surface area (Å²) in [5.74, 6) is -2.29. The second kappa shape index (κ2) is 58.1. The SMILES string of the molecule is CC1=C(/C=C/C(C)=C/C=C/C=C/C(C)=C/C(=O)CC(CCCCNC(=O)/C=C(C)/C=C/C=C(C)/C=C/C2=C(C)CCCC2(C)C)C(=O)NCCCCCNC(=O)CCCC(=O)NCCCCCNC(=O)C(CCCCNC(=O)/C=C(C)/C=C/C=C(C)/C=C/C2=C(C)CCCC2(C)C)CC(=O)/C=C(C)/C=C/C=C(C)/C=C/C2=C(C)CCCC2(C)C)C(C)(C)CCC1. The summed E-state index contributed by atoms with van der Waals surface area (Å²) in [7, 11) is 0. The minimum atomic E-state index is -0.546. The number of ketones is 2. The standard InChI is InChI=1S/C111H164N6O8/c1-82(58-62-98-90(9)50-38-66-108(98,13)14)42-24-21-25-43-86(5)76-96(118)80-94(54-26-32-72-114-104(122)78-88(7)48-35-45-84(3)60-64-100-92(11)52-40-68-110(100,17)18)106(124)116-74-30-22-28-70-112-102(120)56-37-57-103(121)113-71-29-23-31-75-117-107(125)95(81-97(119)77-87(6)47-34-44-83(2)59-63-99-91(10)51-39-67-109(99,15)16)55-27-33-73-115-105(123)79-89(8)49-36-46-85(4)61-65-101-93(12)53-41-69-111(101,19)20/h21,24-25,34-36,42-49,58-65,76-79,94-95H,22-23,26-33,37-41,50-57,66-75,80-81H2,1-20H3,(H,112,120)(H,113,121)(H,114,122)(H,115,123)(H,116,124)(H,117,125)/b24-21+,43-25+,47-34+,48-35+,49-36+,62-58+,63-59+,64-60+,65-61+,82-42+,83-44+,84-45+,85-46+,86-76+,87-77+,88-78+,89-79+. The molecule has 0 fully saturated rings. The molecule has 0 saturated carbocycles. The highest BCUT2D eigenvalue weighted by molar-refractivity contribution is 5.95. The average molecular weight is 1710 g/mol. The minimum Gasteiger partial charge on any atom is -0.356 e. The summed E-state index contributed by atoms with van der Waals surface area (Å²) in [6.07, 6.45) is 75.0. The Morgan fingerprint density at radius 1 is 0.296 bits per heavy atom. The smallest absolute Gasteiger partial charge is 0.244 e. The molecule has 6 amide bonds. The number of carbonyl (C=O) groups excluding carboxylic acids is 8. The van der Waals surface area contributed by atoms with Crippen LogP contribution in [0.25, 0.3) is 0 Å². The number of carbonyl (C=O) groups is 8. The van der Waals surface area contributed by atoms with Crippen LogP contribution in [-0.2, 0) is 38.4 Å². The molecule has 2 atom stereocenters. The molecule has 0 radical (unpaired) electrons. The molecule has 0 heterocycles. The van der Waals surface area contributed by atoms with E-state index in [4.69, 9.17) is 0 Å². The van der Waals surface area contributed by atoms with Gasteiger partial charge < -0.3 is 31.9 Å². The van der Waals surface area contributed by atoms with Crippen molar-refractivity contribution in [1.29, 1.82) is 0 Å². The van der Waals surface area contributed by atoms with Crippen molar-refractivity contribution in [1.82, 2.24) is 31.9 Å². The molecule has 125 heavy (non-hydrogen) atoms. The molecular weight excluding hydrogens is 1550 g/mol. The molecule has 0 aromatic rings. The first kappa shape index (κ1) is 108. The molecule has 0 saturated heterocycles. The van der Waals surface area contributed by atoms with Crippen molar-refractivity contribution in [3.63, 3.8) is 0 Å². The Kier molecular flexibility index (Phi) is 50.2. The molecule has 686 valence electrons. The zero-order chi connectivity index (χ0) is 92.4. The molecule has 0 aromatic carbocycles. The number of allylic oxidation sites excluding steroid dienone is 40. The summed E-state index contributed by atoms with van der Waals surface area (Å²) < 4.78 is 0. The Hall–Kier alpha value is -9.30. The number of hydrogen-bond acceptors (Lipinski definition) is 8. The summed E-state index contributed by atoms with van der Waals surface area (Å²) >= 11 is 0. The molecule has 0 bridgehead atoms. The van der Waals surface area contributed by atoms with Crippen LogP contribution in [0.5, 0.6) is 0 Å². The van der Waals surface area contributed by atoms with E-state index in [-0.39, 0.29) is 94.4 Å². The van der Waals surface area contributed by atoms with Crippen LogP contribution in [0.4, 0.5) is 0 Å². The van der Waals surface area contributed by atoms with Crippen LogP contribution in [0.3, 0.4) is 0 Å². The van der Waals surface area contributed by atoms with E-state index in [0.717, 1.165) is 83.1 Å². The predicted molar refractivity (Wildman–Crippen MR) is 527 cm³/mol. The molecule has 14 heteroatoms. The molecule has 14 nitrogen and oxygen atoms in total. The first-order valence-electron chi connectivity index (χ1n) is 47.3. The Bertz CT molecular complexity index is 4310. The Morgan fingerprint density at radius 2 is 0.568 bits per heavy atom. The van der Waals surface area contributed by atoms with Crippen LogP contribution in [0.2, 0.25) is 0 Å². The molecule has 6 N–H and O–H groups in total. The lowest BCUT2D eigenvalue weighted by atomic mass is 9.72. The van der Waals surface area contributed by atoms with Gasteiger partial charge in [-0.25, -0.2) is 0 Å². The maximum Gasteiger partial charge on any atom is 0.244 e. The molecular formula is C111H164N6O8. The zero-order valence-electron chi connectivity index (χ0n) is 81.2. The van der Waals surface area contributed by atoms with Crippen LogP contribution in [0.1, 0.15) is 325 Å². The Labute approximate surface area is 757 Å². The van der Waals surface area contributed by atoms with E-state index in [2.05, 4.69) is 210 Å². The number of nitrogens with one attached hydrogen (secondary N) is 6. The molecule has 4 rings (SSSR count). The van der Waals surface area contributed by atoms with Gasteiger partial charge in [-0.1, -0.05) is 246 Å². The van der Waals surface area contributed by atoms with Crippen LogP contribution in [0.15, 0.2) is 247 Å². The van der Waals surface area contributed by atoms with Crippen molar-refractivity contribution in [2.75, 3.05) is 39.3 Å². The number of unbranched alkanes of at least 4 members (excludes halogenated alkanes) is 6. The number of amides is 6. The van der Waals surface area contributed by atoms with Gasteiger partial charge in [0.1, 0.15) is 0 Å². The molecule has 4 aliphatic rings. The predicted octanol–water partition coefficient (Wildman–Crippen LogP) is 25.4. The summed E-state index contributed by atoms with van der Waals surface area (Å²) in [6, 6.07) is 0. The lowest BCUT2D eigenvalue weighted by Gasteiger charge is -2.33. The summed E-state index contributed by atoms with van der Waals surface area (Å²) in [5.41, 5.74) is 20.0. The maximum absolute atomic E-state index is 13.8. The topological polar surface area (TPSA) is 209 Å². The van der Waals surface area contributed by atoms with Crippen molar-refractivity contribution in [3.05, 3.63) is 247 Å². The second-order valence-electron chi connectivity index (χ2n) is 38.6. The van der Waals surface area contributed by atoms with E-state index in [1.165, 1.54) is 96.0 Å². The van der Waals surface area contributed by atoms with E-state index < -0.39 is 11.8 Å². The minimum absolute atomic E-state index is 0.0616. The summed E-state index contributed by atoms with van der Waals surface area (Å²) in [4.78, 5) is 106. The first-order chi connectivity index (χ1) is 59.3. The zero-order valence-corrected chi connectivity index (χ0v) is 81.2. The number of rotatable bonds is 53. The van der Waals surface area contributed by atoms with Gasteiger partial charge in [-0.2, -0.15) is 0 Å². The van der Waals surface area contributed by atoms with Gasteiger partial charge in [0.2, 0.25) is 35.4 Å². The third-order valence-corrected chi connectivity index (χ3v) is 24.8. The van der Waals surface area contributed by atoms with Crippen molar-refractivity contribution in [2.45, 2.75) is 325 Å². The first-order valence-corrected chi connectivity index (χ1v) is 47.3. The number of hydrogen-bond donors (Lipinski definition) is 6. The highest BCUT2D eigenvalue weighted by Gasteiger charge is 2.31. The van der Waals surface area contributed by atoms with Gasteiger partial charge in [0.15, 0.2) is 11.6 Å². The normalized spacial score (nSPS) is 18.5. The fraction of sp³-hybridized carbons (Fsp3) is 0.550. The fourth-order valence-electron chi connectivity index (χ4n) is 17.2. The molecule has 4 aliphatic carbocycles. The largest absolute Gasteiger partial charge is 0.356 e. The van der Waals surface area contributed by atoms with Crippen LogP contribution in [0, 0.1) is 33.5 Å². The molecule has 2 unspecified atom stereocenters. The van der Waals surface area contributed by atoms with Crippen molar-refractivity contribution in [2.24, 2.45) is 33.5 Å². The van der Waals surface area contributed by atoms with E-state index in [1.807, 2.05) is 94.5 Å². The van der Waals surface area contributed by atoms with Gasteiger partial charge in [0.05, 0.1) is 0 Å². The highest BCUT2D eigenvalue weighted by Crippen LogP contribution is 2.44. The third kappa shape index (κ3) is 45.6. The lowest BCUT2D eigenvalue weighted by Crippen LogP contribution is -2.33. The van der Waals surface area contributed by atoms with Crippen LogP contribution in [-0.4, -0.2) is 86.3 Å². The average Bonchev–Trinajstić information content (AvgIpc) is 0.836. The van der Waals surface area contributed by atoms with E-state index >= 15 is 0 Å². The van der Waals surface area contributed by atoms with Crippen LogP contribution >= 0.6 is 0 Å². The molecule has 0 aliphatic heterocycles. The van der Waals surface area contributed by atoms with E-state index in [1.54, 1.807) is 24.3 Å². The lowest BCUT2D eigenvalue weighted by molar-refractivity contribution is -0.128. The second-order valence-corrected chi connectivity index (χ2v) is 38.6. The van der Waals surface area contributed by atoms with Crippen molar-refractivity contribution < 1.29 is 38.4 Å². The summed E-state index contributed by atoms with van der Waals surface area (Å²) in [6.45, 7) is 46.1.